The molecule has 0 saturated carbocycles. The van der Waals surface area contributed by atoms with Gasteiger partial charge in [0.1, 0.15) is 11.7 Å². The maximum absolute atomic E-state index is 9.24. The second-order valence-corrected chi connectivity index (χ2v) is 4.54. The minimum Gasteiger partial charge on any atom is -0.393 e. The number of aliphatic hydroxyl groups excluding tert-OH is 1. The second kappa shape index (κ2) is 3.30. The van der Waals surface area contributed by atoms with Crippen molar-refractivity contribution in [3.05, 3.63) is 48.0 Å². The number of hydrogen-bond acceptors (Lipinski definition) is 2. The number of epoxide rings is 1. The molecule has 82 valence electrons. The Morgan fingerprint density at radius 2 is 1.94 bits per heavy atom. The van der Waals surface area contributed by atoms with Gasteiger partial charge in [0.15, 0.2) is 0 Å². The lowest BCUT2D eigenvalue weighted by Gasteiger charge is -2.05. The van der Waals surface area contributed by atoms with E-state index in [-0.39, 0.29) is 18.3 Å². The third kappa shape index (κ3) is 1.34. The summed E-state index contributed by atoms with van der Waals surface area (Å²) in [5, 5.41) is 11.7. The summed E-state index contributed by atoms with van der Waals surface area (Å²) in [7, 11) is 0. The van der Waals surface area contributed by atoms with E-state index >= 15 is 0 Å². The van der Waals surface area contributed by atoms with Crippen molar-refractivity contribution < 1.29 is 9.84 Å². The van der Waals surface area contributed by atoms with E-state index in [2.05, 4.69) is 24.3 Å². The van der Waals surface area contributed by atoms with E-state index in [0.29, 0.717) is 0 Å². The second-order valence-electron chi connectivity index (χ2n) is 4.54. The number of rotatable bonds is 2. The van der Waals surface area contributed by atoms with Gasteiger partial charge in [-0.1, -0.05) is 42.5 Å². The Kier molecular flexibility index (Phi) is 2.03. The maximum atomic E-state index is 9.24. The van der Waals surface area contributed by atoms with Gasteiger partial charge in [0, 0.05) is 0 Å². The van der Waals surface area contributed by atoms with Gasteiger partial charge in [-0.15, -0.1) is 0 Å². The van der Waals surface area contributed by atoms with Crippen LogP contribution in [-0.4, -0.2) is 17.3 Å². The van der Waals surface area contributed by atoms with Crippen LogP contribution in [0, 0.1) is 0 Å². The van der Waals surface area contributed by atoms with Crippen LogP contribution >= 0.6 is 0 Å². The Morgan fingerprint density at radius 1 is 1.19 bits per heavy atom. The van der Waals surface area contributed by atoms with Gasteiger partial charge in [0.05, 0.1) is 6.61 Å². The van der Waals surface area contributed by atoms with Crippen molar-refractivity contribution in [2.24, 2.45) is 0 Å². The molecular weight excluding hydrogens is 200 g/mol. The largest absolute Gasteiger partial charge is 0.393 e. The first-order valence-electron chi connectivity index (χ1n) is 5.51. The lowest BCUT2D eigenvalue weighted by molar-refractivity contribution is 0.184. The van der Waals surface area contributed by atoms with Crippen LogP contribution in [0.1, 0.15) is 18.6 Å². The van der Waals surface area contributed by atoms with Crippen molar-refractivity contribution in [2.75, 3.05) is 6.61 Å². The highest BCUT2D eigenvalue weighted by atomic mass is 16.6. The van der Waals surface area contributed by atoms with E-state index < -0.39 is 0 Å². The zero-order valence-electron chi connectivity index (χ0n) is 9.18. The molecule has 1 aliphatic rings. The molecule has 1 heterocycles. The zero-order chi connectivity index (χ0) is 11.2. The molecule has 0 bridgehead atoms. The van der Waals surface area contributed by atoms with Crippen molar-refractivity contribution in [3.8, 4) is 0 Å². The van der Waals surface area contributed by atoms with Crippen LogP contribution in [0.4, 0.5) is 0 Å². The predicted octanol–water partition coefficient (Wildman–Crippen LogP) is 2.66. The Bertz CT molecular complexity index is 530. The van der Waals surface area contributed by atoms with Gasteiger partial charge < -0.3 is 9.84 Å². The predicted molar refractivity (Wildman–Crippen MR) is 63.3 cm³/mol. The van der Waals surface area contributed by atoms with Gasteiger partial charge in [0.2, 0.25) is 0 Å². The summed E-state index contributed by atoms with van der Waals surface area (Å²) in [6.07, 6.45) is 0.0311. The van der Waals surface area contributed by atoms with Gasteiger partial charge in [0.25, 0.3) is 0 Å². The summed E-state index contributed by atoms with van der Waals surface area (Å²) >= 11 is 0. The third-order valence-corrected chi connectivity index (χ3v) is 3.30. The molecule has 1 N–H and O–H groups in total. The number of hydrogen-bond donors (Lipinski definition) is 1. The average molecular weight is 214 g/mol. The van der Waals surface area contributed by atoms with Gasteiger partial charge in [-0.2, -0.15) is 0 Å². The first-order chi connectivity index (χ1) is 7.74. The molecule has 16 heavy (non-hydrogen) atoms. The standard InChI is InChI=1S/C14H14O2/c1-14(9-15)13(16-14)12-8-4-6-10-5-2-3-7-11(10)12/h2-8,13,15H,9H2,1H3. The fourth-order valence-corrected chi connectivity index (χ4v) is 2.23. The Balaban J connectivity index is 2.12. The quantitative estimate of drug-likeness (QED) is 0.779. The molecule has 2 unspecified atom stereocenters. The maximum Gasteiger partial charge on any atom is 0.120 e. The van der Waals surface area contributed by atoms with Gasteiger partial charge >= 0.3 is 0 Å². The van der Waals surface area contributed by atoms with Crippen molar-refractivity contribution in [1.29, 1.82) is 0 Å². The first kappa shape index (κ1) is 9.82. The highest BCUT2D eigenvalue weighted by Crippen LogP contribution is 2.50. The van der Waals surface area contributed by atoms with Crippen LogP contribution in [0.25, 0.3) is 10.8 Å². The first-order valence-corrected chi connectivity index (χ1v) is 5.51. The summed E-state index contributed by atoms with van der Waals surface area (Å²) < 4.78 is 5.60. The summed E-state index contributed by atoms with van der Waals surface area (Å²) in [5.74, 6) is 0. The van der Waals surface area contributed by atoms with Crippen molar-refractivity contribution in [1.82, 2.24) is 0 Å². The molecule has 0 aliphatic carbocycles. The molecule has 2 aromatic carbocycles. The summed E-state index contributed by atoms with van der Waals surface area (Å²) in [5.41, 5.74) is 0.791. The molecule has 2 aromatic rings. The lowest BCUT2D eigenvalue weighted by atomic mass is 9.96. The van der Waals surface area contributed by atoms with Crippen LogP contribution < -0.4 is 0 Å². The van der Waals surface area contributed by atoms with E-state index in [9.17, 15) is 5.11 Å². The summed E-state index contributed by atoms with van der Waals surface area (Å²) in [4.78, 5) is 0. The fourth-order valence-electron chi connectivity index (χ4n) is 2.23. The highest BCUT2D eigenvalue weighted by molar-refractivity contribution is 5.86. The molecule has 0 radical (unpaired) electrons. The molecule has 1 saturated heterocycles. The SMILES string of the molecule is CC1(CO)OC1c1cccc2ccccc12. The Hall–Kier alpha value is -1.38. The molecule has 2 atom stereocenters. The molecule has 1 aliphatic heterocycles. The van der Waals surface area contributed by atoms with E-state index in [1.807, 2.05) is 25.1 Å². The number of ether oxygens (including phenoxy) is 1. The van der Waals surface area contributed by atoms with Crippen LogP contribution in [0.3, 0.4) is 0 Å². The number of aliphatic hydroxyl groups is 1. The summed E-state index contributed by atoms with van der Waals surface area (Å²) in [6.45, 7) is 2.01. The molecule has 0 aromatic heterocycles. The minimum absolute atomic E-state index is 0.0311. The third-order valence-electron chi connectivity index (χ3n) is 3.30. The zero-order valence-corrected chi connectivity index (χ0v) is 9.18. The van der Waals surface area contributed by atoms with E-state index in [1.165, 1.54) is 16.3 Å². The Labute approximate surface area is 94.5 Å². The normalized spacial score (nSPS) is 28.2. The lowest BCUT2D eigenvalue weighted by Crippen LogP contribution is -2.11. The molecule has 2 nitrogen and oxygen atoms in total. The van der Waals surface area contributed by atoms with Crippen molar-refractivity contribution in [3.63, 3.8) is 0 Å². The minimum atomic E-state index is -0.385. The molecule has 3 rings (SSSR count). The van der Waals surface area contributed by atoms with E-state index in [0.717, 1.165) is 0 Å². The van der Waals surface area contributed by atoms with E-state index in [1.54, 1.807) is 0 Å². The van der Waals surface area contributed by atoms with Gasteiger partial charge in [-0.3, -0.25) is 0 Å². The number of benzene rings is 2. The van der Waals surface area contributed by atoms with Crippen LogP contribution in [0.15, 0.2) is 42.5 Å². The van der Waals surface area contributed by atoms with Gasteiger partial charge in [-0.05, 0) is 23.3 Å². The van der Waals surface area contributed by atoms with Crippen LogP contribution in [-0.2, 0) is 4.74 Å². The van der Waals surface area contributed by atoms with Crippen molar-refractivity contribution in [2.45, 2.75) is 18.6 Å². The fraction of sp³-hybridized carbons (Fsp3) is 0.286. The van der Waals surface area contributed by atoms with Crippen LogP contribution in [0.5, 0.6) is 0 Å². The highest BCUT2D eigenvalue weighted by Gasteiger charge is 2.53. The molecule has 0 spiro atoms. The van der Waals surface area contributed by atoms with Gasteiger partial charge in [-0.25, -0.2) is 0 Å². The summed E-state index contributed by atoms with van der Waals surface area (Å²) in [6, 6.07) is 14.5. The average Bonchev–Trinajstić information content (AvgIpc) is 3.02. The monoisotopic (exact) mass is 214 g/mol. The van der Waals surface area contributed by atoms with E-state index in [4.69, 9.17) is 4.74 Å². The van der Waals surface area contributed by atoms with Crippen molar-refractivity contribution >= 4 is 10.8 Å². The Morgan fingerprint density at radius 3 is 2.69 bits per heavy atom. The number of fused-ring (bicyclic) bond motifs is 1. The molecule has 0 amide bonds. The van der Waals surface area contributed by atoms with Crippen LogP contribution in [0.2, 0.25) is 0 Å². The molecular formula is C14H14O2. The smallest absolute Gasteiger partial charge is 0.120 e. The molecule has 1 fully saturated rings. The topological polar surface area (TPSA) is 32.8 Å². The molecule has 2 heteroatoms.